The highest BCUT2D eigenvalue weighted by molar-refractivity contribution is 6.31. The molecule has 0 aliphatic heterocycles. The van der Waals surface area contributed by atoms with Crippen LogP contribution in [-0.4, -0.2) is 12.7 Å². The van der Waals surface area contributed by atoms with Crippen molar-refractivity contribution in [1.29, 1.82) is 0 Å². The highest BCUT2D eigenvalue weighted by Gasteiger charge is 2.30. The molecule has 0 amide bonds. The number of hydrogen-bond acceptors (Lipinski definition) is 1. The fraction of sp³-hybridized carbons (Fsp3) is 0.467. The van der Waals surface area contributed by atoms with E-state index in [9.17, 15) is 13.2 Å². The summed E-state index contributed by atoms with van der Waals surface area (Å²) in [4.78, 5) is 0. The van der Waals surface area contributed by atoms with Crippen molar-refractivity contribution in [2.75, 3.05) is 6.54 Å². The second kappa shape index (κ2) is 19.1. The molecule has 0 heterocycles. The van der Waals surface area contributed by atoms with Crippen molar-refractivity contribution < 1.29 is 13.2 Å². The van der Waals surface area contributed by atoms with E-state index in [0.717, 1.165) is 97.4 Å². The van der Waals surface area contributed by atoms with E-state index in [4.69, 9.17) is 34.8 Å². The number of alkyl halides is 3. The molecular weight excluding hydrogens is 718 g/mol. The maximum atomic E-state index is 13.7. The molecule has 1 N–H and O–H groups in total. The van der Waals surface area contributed by atoms with Crippen LogP contribution in [0.25, 0.3) is 11.6 Å². The molecule has 3 aliphatic rings. The molecule has 7 heteroatoms. The summed E-state index contributed by atoms with van der Waals surface area (Å²) < 4.78 is 41.0. The van der Waals surface area contributed by atoms with Crippen LogP contribution < -0.4 is 5.32 Å². The Balaban J connectivity index is 1.45. The van der Waals surface area contributed by atoms with Crippen LogP contribution in [0.4, 0.5) is 13.2 Å². The average molecular weight is 771 g/mol. The Bertz CT molecular complexity index is 1720. The van der Waals surface area contributed by atoms with Gasteiger partial charge in [0, 0.05) is 39.2 Å². The van der Waals surface area contributed by atoms with Crippen molar-refractivity contribution in [2.24, 2.45) is 17.8 Å². The third-order valence-electron chi connectivity index (χ3n) is 11.1. The van der Waals surface area contributed by atoms with Crippen molar-refractivity contribution in [3.8, 4) is 0 Å². The molecule has 0 bridgehead atoms. The molecule has 1 saturated carbocycles. The summed E-state index contributed by atoms with van der Waals surface area (Å²) in [5.74, 6) is 1.07. The number of aryl methyl sites for hydroxylation is 1. The van der Waals surface area contributed by atoms with E-state index in [2.05, 4.69) is 55.6 Å². The first-order valence-corrected chi connectivity index (χ1v) is 20.3. The molecule has 280 valence electrons. The Hall–Kier alpha value is -2.66. The van der Waals surface area contributed by atoms with Crippen molar-refractivity contribution in [3.63, 3.8) is 0 Å². The topological polar surface area (TPSA) is 12.0 Å². The maximum Gasteiger partial charge on any atom is 0.393 e. The number of allylic oxidation sites excluding steroid dienone is 9. The second-order valence-electron chi connectivity index (χ2n) is 14.8. The van der Waals surface area contributed by atoms with Crippen LogP contribution in [0.1, 0.15) is 113 Å². The van der Waals surface area contributed by atoms with E-state index in [1.807, 2.05) is 31.2 Å². The van der Waals surface area contributed by atoms with Crippen LogP contribution in [0, 0.1) is 24.7 Å². The lowest BCUT2D eigenvalue weighted by atomic mass is 9.77. The Morgan fingerprint density at radius 2 is 1.75 bits per heavy atom. The summed E-state index contributed by atoms with van der Waals surface area (Å²) >= 11 is 19.2. The molecule has 2 aromatic rings. The van der Waals surface area contributed by atoms with Gasteiger partial charge in [-0.3, -0.25) is 0 Å². The highest BCUT2D eigenvalue weighted by atomic mass is 35.5. The predicted molar refractivity (Wildman–Crippen MR) is 217 cm³/mol. The number of rotatable bonds is 13. The minimum absolute atomic E-state index is 0.155. The van der Waals surface area contributed by atoms with Crippen LogP contribution in [0.2, 0.25) is 10.0 Å². The number of nitrogens with one attached hydrogen (secondary N) is 1. The molecular formula is C45H53Cl3F3N. The van der Waals surface area contributed by atoms with E-state index in [-0.39, 0.29) is 22.4 Å². The monoisotopic (exact) mass is 769 g/mol. The SMILES string of the molecule is CCC1C=CC=C(CNC(=C2CCC2)C(CC)CC2=C(c3cc(CC(F)(F)F)c(Cl)cc3C)CCCC(C/C=C/c3ccc(Cl)cc3)CC2)C=C1Cl. The predicted octanol–water partition coefficient (Wildman–Crippen LogP) is 14.9. The molecule has 1 fully saturated rings. The summed E-state index contributed by atoms with van der Waals surface area (Å²) in [5.41, 5.74) is 9.79. The zero-order valence-corrected chi connectivity index (χ0v) is 33.1. The minimum atomic E-state index is -4.33. The minimum Gasteiger partial charge on any atom is -0.384 e. The summed E-state index contributed by atoms with van der Waals surface area (Å²) in [6, 6.07) is 11.4. The summed E-state index contributed by atoms with van der Waals surface area (Å²) in [6.07, 6.45) is 19.8. The lowest BCUT2D eigenvalue weighted by molar-refractivity contribution is -0.127. The van der Waals surface area contributed by atoms with Gasteiger partial charge < -0.3 is 5.32 Å². The van der Waals surface area contributed by atoms with Gasteiger partial charge in [0.25, 0.3) is 0 Å². The zero-order valence-electron chi connectivity index (χ0n) is 30.8. The molecule has 0 aromatic heterocycles. The second-order valence-corrected chi connectivity index (χ2v) is 16.1. The molecule has 0 spiro atoms. The van der Waals surface area contributed by atoms with Gasteiger partial charge in [-0.15, -0.1) is 0 Å². The van der Waals surface area contributed by atoms with Gasteiger partial charge >= 0.3 is 6.18 Å². The Labute approximate surface area is 324 Å². The number of benzene rings is 2. The number of halogens is 6. The fourth-order valence-corrected chi connectivity index (χ4v) is 8.65. The van der Waals surface area contributed by atoms with E-state index in [1.165, 1.54) is 34.4 Å². The van der Waals surface area contributed by atoms with Gasteiger partial charge in [0.15, 0.2) is 0 Å². The quantitative estimate of drug-likeness (QED) is 0.214. The van der Waals surface area contributed by atoms with Crippen LogP contribution in [0.5, 0.6) is 0 Å². The fourth-order valence-electron chi connectivity index (χ4n) is 7.87. The van der Waals surface area contributed by atoms with Crippen molar-refractivity contribution in [3.05, 3.63) is 127 Å². The summed E-state index contributed by atoms with van der Waals surface area (Å²) in [6.45, 7) is 7.12. The van der Waals surface area contributed by atoms with Crippen LogP contribution in [0.3, 0.4) is 0 Å². The largest absolute Gasteiger partial charge is 0.393 e. The number of hydrogen-bond donors (Lipinski definition) is 1. The van der Waals surface area contributed by atoms with Gasteiger partial charge in [0.1, 0.15) is 0 Å². The molecule has 0 saturated heterocycles. The standard InChI is InChI=1S/C45H53Cl3F3N/c1-4-34-14-7-13-33(25-43(34)48)29-52-44(36-15-9-16-36)35(5-2)26-37-21-18-31(10-6-11-32-19-22-39(46)23-20-32)12-8-17-40(37)41-27-38(28-45(49,50)51)42(47)24-30(41)3/h6-7,11,13-14,19-20,22-25,27,31,34-35,52H,4-5,8-10,12,15-18,21,26,28-29H2,1-3H3/b11-6+,40-37?. The smallest absolute Gasteiger partial charge is 0.384 e. The highest BCUT2D eigenvalue weighted by Crippen LogP contribution is 2.42. The van der Waals surface area contributed by atoms with Gasteiger partial charge in [0.05, 0.1) is 6.42 Å². The van der Waals surface area contributed by atoms with Gasteiger partial charge in [0.2, 0.25) is 0 Å². The van der Waals surface area contributed by atoms with Gasteiger partial charge in [-0.1, -0.05) is 102 Å². The summed E-state index contributed by atoms with van der Waals surface area (Å²) in [5, 5.41) is 5.69. The van der Waals surface area contributed by atoms with Crippen LogP contribution in [0.15, 0.2) is 94.2 Å². The summed E-state index contributed by atoms with van der Waals surface area (Å²) in [7, 11) is 0. The van der Waals surface area contributed by atoms with E-state index >= 15 is 0 Å². The van der Waals surface area contributed by atoms with E-state index < -0.39 is 12.6 Å². The first-order valence-electron chi connectivity index (χ1n) is 19.1. The Kier molecular flexibility index (Phi) is 14.9. The molecule has 3 unspecified atom stereocenters. The molecule has 1 nitrogen and oxygen atoms in total. The first-order chi connectivity index (χ1) is 24.9. The molecule has 3 atom stereocenters. The average Bonchev–Trinajstić information content (AvgIpc) is 3.25. The Morgan fingerprint density at radius 1 is 0.981 bits per heavy atom. The molecule has 2 aromatic carbocycles. The maximum absolute atomic E-state index is 13.7. The van der Waals surface area contributed by atoms with Gasteiger partial charge in [-0.25, -0.2) is 0 Å². The van der Waals surface area contributed by atoms with E-state index in [0.29, 0.717) is 12.5 Å². The molecule has 52 heavy (non-hydrogen) atoms. The zero-order chi connectivity index (χ0) is 37.3. The van der Waals surface area contributed by atoms with Crippen LogP contribution in [-0.2, 0) is 6.42 Å². The third kappa shape index (κ3) is 11.4. The normalized spacial score (nSPS) is 20.5. The Morgan fingerprint density at radius 3 is 2.42 bits per heavy atom. The van der Waals surface area contributed by atoms with E-state index in [1.54, 1.807) is 12.1 Å². The molecule has 5 rings (SSSR count). The lowest BCUT2D eigenvalue weighted by Crippen LogP contribution is -2.26. The van der Waals surface area contributed by atoms with Crippen molar-refractivity contribution >= 4 is 46.5 Å². The first kappa shape index (κ1) is 40.5. The lowest BCUT2D eigenvalue weighted by Gasteiger charge is -2.32. The van der Waals surface area contributed by atoms with Gasteiger partial charge in [-0.05, 0) is 154 Å². The van der Waals surface area contributed by atoms with Gasteiger partial charge in [-0.2, -0.15) is 13.2 Å². The third-order valence-corrected chi connectivity index (χ3v) is 12.1. The van der Waals surface area contributed by atoms with Crippen LogP contribution >= 0.6 is 34.8 Å². The van der Waals surface area contributed by atoms with Crippen molar-refractivity contribution in [2.45, 2.75) is 110 Å². The van der Waals surface area contributed by atoms with Crippen molar-refractivity contribution in [1.82, 2.24) is 5.32 Å². The molecule has 0 radical (unpaired) electrons. The molecule has 3 aliphatic carbocycles.